The highest BCUT2D eigenvalue weighted by Crippen LogP contribution is 2.22. The zero-order valence-corrected chi connectivity index (χ0v) is 21.4. The van der Waals surface area contributed by atoms with Crippen LogP contribution in [0.2, 0.25) is 0 Å². The van der Waals surface area contributed by atoms with Gasteiger partial charge in [0, 0.05) is 44.6 Å². The highest BCUT2D eigenvalue weighted by Gasteiger charge is 2.20. The fraction of sp³-hybridized carbons (Fsp3) is 0.409. The van der Waals surface area contributed by atoms with Crippen molar-refractivity contribution >= 4 is 46.3 Å². The third-order valence-corrected chi connectivity index (χ3v) is 6.11. The van der Waals surface area contributed by atoms with E-state index < -0.39 is 0 Å². The Kier molecular flexibility index (Phi) is 8.30. The molecule has 1 aliphatic heterocycles. The van der Waals surface area contributed by atoms with E-state index in [1.165, 1.54) is 5.00 Å². The van der Waals surface area contributed by atoms with Crippen LogP contribution in [0.15, 0.2) is 46.9 Å². The van der Waals surface area contributed by atoms with Crippen LogP contribution in [-0.2, 0) is 6.54 Å². The number of hydrogen-bond donors (Lipinski definition) is 1. The average Bonchev–Trinajstić information content (AvgIpc) is 3.41. The normalized spacial score (nSPS) is 14.5. The molecule has 0 bridgehead atoms. The van der Waals surface area contributed by atoms with Crippen molar-refractivity contribution in [1.29, 1.82) is 0 Å². The van der Waals surface area contributed by atoms with Gasteiger partial charge in [-0.1, -0.05) is 6.07 Å². The molecule has 3 aromatic heterocycles. The summed E-state index contributed by atoms with van der Waals surface area (Å²) in [5.41, 5.74) is 3.17. The minimum atomic E-state index is 0. The molecule has 31 heavy (non-hydrogen) atoms. The minimum absolute atomic E-state index is 0. The number of halogens is 1. The Morgan fingerprint density at radius 3 is 2.55 bits per heavy atom. The number of pyridine rings is 1. The molecule has 1 saturated heterocycles. The first kappa shape index (κ1) is 23.5. The van der Waals surface area contributed by atoms with Crippen LogP contribution in [0.3, 0.4) is 0 Å². The van der Waals surface area contributed by atoms with Crippen LogP contribution in [0.25, 0.3) is 5.82 Å². The van der Waals surface area contributed by atoms with Gasteiger partial charge in [0.1, 0.15) is 0 Å². The molecule has 1 N–H and O–H groups in total. The number of anilines is 1. The molecule has 3 aromatic rings. The maximum atomic E-state index is 4.87. The van der Waals surface area contributed by atoms with E-state index in [2.05, 4.69) is 61.8 Å². The lowest BCUT2D eigenvalue weighted by molar-refractivity contribution is 0.373. The monoisotopic (exact) mass is 551 g/mol. The van der Waals surface area contributed by atoms with Crippen molar-refractivity contribution in [3.8, 4) is 5.82 Å². The molecule has 0 unspecified atom stereocenters. The van der Waals surface area contributed by atoms with E-state index in [-0.39, 0.29) is 24.0 Å². The standard InChI is InChI=1S/C22H29N7S.HI/c1-4-23-22(28-11-9-27(10-12-28)21-6-5-13-30-21)25-16-19-7-8-20(24-15-19)29-18(3)14-17(2)26-29;/h5-8,13-15H,4,9-12,16H2,1-3H3,(H,23,25);1H. The molecule has 0 aromatic carbocycles. The number of nitrogens with zero attached hydrogens (tertiary/aromatic N) is 6. The molecule has 0 amide bonds. The quantitative estimate of drug-likeness (QED) is 0.297. The minimum Gasteiger partial charge on any atom is -0.360 e. The molecule has 7 nitrogen and oxygen atoms in total. The number of aryl methyl sites for hydroxylation is 2. The van der Waals surface area contributed by atoms with Gasteiger partial charge in [-0.3, -0.25) is 0 Å². The average molecular weight is 552 g/mol. The second kappa shape index (κ2) is 10.9. The predicted molar refractivity (Wildman–Crippen MR) is 139 cm³/mol. The van der Waals surface area contributed by atoms with Gasteiger partial charge < -0.3 is 15.1 Å². The highest BCUT2D eigenvalue weighted by atomic mass is 127. The Morgan fingerprint density at radius 1 is 1.16 bits per heavy atom. The van der Waals surface area contributed by atoms with Crippen molar-refractivity contribution in [3.05, 3.63) is 58.9 Å². The number of nitrogens with one attached hydrogen (secondary N) is 1. The number of guanidine groups is 1. The third-order valence-electron chi connectivity index (χ3n) is 5.18. The summed E-state index contributed by atoms with van der Waals surface area (Å²) < 4.78 is 1.87. The number of thiophene rings is 1. The molecule has 1 fully saturated rings. The van der Waals surface area contributed by atoms with Crippen molar-refractivity contribution in [2.24, 2.45) is 4.99 Å². The number of aliphatic imine (C=N–C) groups is 1. The van der Waals surface area contributed by atoms with Gasteiger partial charge in [-0.05, 0) is 56.0 Å². The molecule has 4 rings (SSSR count). The zero-order valence-electron chi connectivity index (χ0n) is 18.3. The summed E-state index contributed by atoms with van der Waals surface area (Å²) in [6.07, 6.45) is 1.90. The lowest BCUT2D eigenvalue weighted by Gasteiger charge is -2.37. The van der Waals surface area contributed by atoms with Gasteiger partial charge >= 0.3 is 0 Å². The van der Waals surface area contributed by atoms with Crippen molar-refractivity contribution in [1.82, 2.24) is 25.0 Å². The highest BCUT2D eigenvalue weighted by molar-refractivity contribution is 14.0. The van der Waals surface area contributed by atoms with Crippen LogP contribution in [-0.4, -0.2) is 58.3 Å². The Balaban J connectivity index is 0.00000272. The van der Waals surface area contributed by atoms with Crippen molar-refractivity contribution in [3.63, 3.8) is 0 Å². The summed E-state index contributed by atoms with van der Waals surface area (Å²) in [6.45, 7) is 11.6. The molecule has 0 saturated carbocycles. The van der Waals surface area contributed by atoms with Gasteiger partial charge in [0.15, 0.2) is 11.8 Å². The summed E-state index contributed by atoms with van der Waals surface area (Å²) in [6, 6.07) is 10.5. The maximum absolute atomic E-state index is 4.87. The van der Waals surface area contributed by atoms with Crippen LogP contribution in [0.4, 0.5) is 5.00 Å². The summed E-state index contributed by atoms with van der Waals surface area (Å²) in [7, 11) is 0. The second-order valence-corrected chi connectivity index (χ2v) is 8.39. The molecule has 4 heterocycles. The first-order valence-corrected chi connectivity index (χ1v) is 11.3. The molecule has 166 valence electrons. The van der Waals surface area contributed by atoms with Crippen LogP contribution >= 0.6 is 35.3 Å². The van der Waals surface area contributed by atoms with Gasteiger partial charge in [0.2, 0.25) is 0 Å². The first-order chi connectivity index (χ1) is 14.6. The first-order valence-electron chi connectivity index (χ1n) is 10.4. The Labute approximate surface area is 205 Å². The van der Waals surface area contributed by atoms with Gasteiger partial charge in [0.25, 0.3) is 0 Å². The summed E-state index contributed by atoms with van der Waals surface area (Å²) in [5, 5.41) is 11.4. The predicted octanol–water partition coefficient (Wildman–Crippen LogP) is 3.85. The SMILES string of the molecule is CCNC(=NCc1ccc(-n2nc(C)cc2C)nc1)N1CCN(c2cccs2)CC1.I. The molecule has 9 heteroatoms. The Morgan fingerprint density at radius 2 is 1.97 bits per heavy atom. The molecular formula is C22H30IN7S. The number of aromatic nitrogens is 3. The van der Waals surface area contributed by atoms with Gasteiger partial charge in [-0.25, -0.2) is 14.7 Å². The lowest BCUT2D eigenvalue weighted by atomic mass is 10.3. The molecule has 0 atom stereocenters. The fourth-order valence-corrected chi connectivity index (χ4v) is 4.46. The molecule has 0 spiro atoms. The van der Waals surface area contributed by atoms with E-state index in [0.29, 0.717) is 6.54 Å². The summed E-state index contributed by atoms with van der Waals surface area (Å²) >= 11 is 1.81. The third kappa shape index (κ3) is 5.76. The second-order valence-electron chi connectivity index (χ2n) is 7.46. The molecular weight excluding hydrogens is 521 g/mol. The topological polar surface area (TPSA) is 61.6 Å². The van der Waals surface area contributed by atoms with Crippen molar-refractivity contribution in [2.45, 2.75) is 27.3 Å². The van der Waals surface area contributed by atoms with Gasteiger partial charge in [-0.15, -0.1) is 35.3 Å². The van der Waals surface area contributed by atoms with Crippen LogP contribution in [0, 0.1) is 13.8 Å². The van der Waals surface area contributed by atoms with E-state index in [9.17, 15) is 0 Å². The lowest BCUT2D eigenvalue weighted by Crippen LogP contribution is -2.52. The Bertz CT molecular complexity index is 974. The van der Waals surface area contributed by atoms with Gasteiger partial charge in [0.05, 0.1) is 17.2 Å². The number of rotatable bonds is 5. The summed E-state index contributed by atoms with van der Waals surface area (Å²) in [4.78, 5) is 14.3. The smallest absolute Gasteiger partial charge is 0.194 e. The molecule has 1 aliphatic rings. The number of hydrogen-bond acceptors (Lipinski definition) is 5. The maximum Gasteiger partial charge on any atom is 0.194 e. The van der Waals surface area contributed by atoms with Crippen LogP contribution in [0.1, 0.15) is 23.9 Å². The fourth-order valence-electron chi connectivity index (χ4n) is 3.68. The van der Waals surface area contributed by atoms with Crippen molar-refractivity contribution < 1.29 is 0 Å². The van der Waals surface area contributed by atoms with Crippen LogP contribution < -0.4 is 10.2 Å². The van der Waals surface area contributed by atoms with E-state index >= 15 is 0 Å². The number of piperazine rings is 1. The van der Waals surface area contributed by atoms with Crippen molar-refractivity contribution in [2.75, 3.05) is 37.6 Å². The molecule has 0 aliphatic carbocycles. The van der Waals surface area contributed by atoms with E-state index in [1.54, 1.807) is 11.3 Å². The van der Waals surface area contributed by atoms with E-state index in [1.807, 2.05) is 30.8 Å². The summed E-state index contributed by atoms with van der Waals surface area (Å²) in [5.74, 6) is 1.82. The Hall–Kier alpha value is -2.14. The largest absolute Gasteiger partial charge is 0.360 e. The van der Waals surface area contributed by atoms with Crippen LogP contribution in [0.5, 0.6) is 0 Å². The van der Waals surface area contributed by atoms with E-state index in [4.69, 9.17) is 4.99 Å². The van der Waals surface area contributed by atoms with Gasteiger partial charge in [-0.2, -0.15) is 5.10 Å². The zero-order chi connectivity index (χ0) is 20.9. The van der Waals surface area contributed by atoms with E-state index in [0.717, 1.165) is 61.5 Å². The molecule has 0 radical (unpaired) electrons.